The third kappa shape index (κ3) is 2.87. The van der Waals surface area contributed by atoms with E-state index < -0.39 is 0 Å². The number of rotatable bonds is 3. The maximum atomic E-state index is 6.19. The highest BCUT2D eigenvalue weighted by Crippen LogP contribution is 2.67. The second kappa shape index (κ2) is 7.86. The monoisotopic (exact) mass is 503 g/mol. The zero-order valence-electron chi connectivity index (χ0n) is 21.8. The first-order valence-electron chi connectivity index (χ1n) is 14.3. The second-order valence-electron chi connectivity index (χ2n) is 11.7. The van der Waals surface area contributed by atoms with Gasteiger partial charge in [-0.15, -0.1) is 0 Å². The van der Waals surface area contributed by atoms with E-state index in [0.717, 1.165) is 39.5 Å². The molecule has 1 spiro atoms. The zero-order valence-corrected chi connectivity index (χ0v) is 21.8. The SMILES string of the molecule is c1ccc(N(c2ccc3oc4ccccc4c3c2)c2cccc3c2-c2ccccc2C32CC3CCC2C3)cc1. The Morgan fingerprint density at radius 1 is 0.641 bits per heavy atom. The van der Waals surface area contributed by atoms with Gasteiger partial charge >= 0.3 is 0 Å². The van der Waals surface area contributed by atoms with Gasteiger partial charge in [0, 0.05) is 33.1 Å². The van der Waals surface area contributed by atoms with Gasteiger partial charge < -0.3 is 9.32 Å². The van der Waals surface area contributed by atoms with Gasteiger partial charge in [-0.3, -0.25) is 0 Å². The van der Waals surface area contributed by atoms with Crippen molar-refractivity contribution in [2.45, 2.75) is 31.1 Å². The maximum absolute atomic E-state index is 6.19. The average molecular weight is 504 g/mol. The molecule has 5 aromatic carbocycles. The van der Waals surface area contributed by atoms with Crippen LogP contribution in [-0.2, 0) is 5.41 Å². The summed E-state index contributed by atoms with van der Waals surface area (Å²) in [4.78, 5) is 2.46. The number of para-hydroxylation sites is 2. The third-order valence-electron chi connectivity index (χ3n) is 9.92. The van der Waals surface area contributed by atoms with Crippen LogP contribution in [0.1, 0.15) is 36.8 Å². The number of benzene rings is 5. The lowest BCUT2D eigenvalue weighted by Crippen LogP contribution is -2.31. The molecule has 2 nitrogen and oxygen atoms in total. The van der Waals surface area contributed by atoms with E-state index in [1.807, 2.05) is 6.07 Å². The predicted molar refractivity (Wildman–Crippen MR) is 160 cm³/mol. The number of anilines is 3. The van der Waals surface area contributed by atoms with Crippen LogP contribution >= 0.6 is 0 Å². The lowest BCUT2D eigenvalue weighted by atomic mass is 9.67. The number of hydrogen-bond donors (Lipinski definition) is 0. The Morgan fingerprint density at radius 3 is 2.31 bits per heavy atom. The first-order valence-corrected chi connectivity index (χ1v) is 14.3. The van der Waals surface area contributed by atoms with Crippen molar-refractivity contribution < 1.29 is 4.42 Å². The third-order valence-corrected chi connectivity index (χ3v) is 9.92. The van der Waals surface area contributed by atoms with E-state index in [0.29, 0.717) is 0 Å². The molecule has 3 aliphatic carbocycles. The Kier molecular flexibility index (Phi) is 4.36. The van der Waals surface area contributed by atoms with E-state index in [1.54, 1.807) is 11.1 Å². The zero-order chi connectivity index (χ0) is 25.6. The summed E-state index contributed by atoms with van der Waals surface area (Å²) in [5.41, 5.74) is 11.6. The summed E-state index contributed by atoms with van der Waals surface area (Å²) in [7, 11) is 0. The molecule has 1 aromatic heterocycles. The minimum atomic E-state index is 0.165. The Labute approximate surface area is 228 Å². The molecule has 2 saturated carbocycles. The summed E-state index contributed by atoms with van der Waals surface area (Å²) in [6.45, 7) is 0. The van der Waals surface area contributed by atoms with Crippen LogP contribution in [0.4, 0.5) is 17.1 Å². The van der Waals surface area contributed by atoms with Crippen molar-refractivity contribution in [3.05, 3.63) is 126 Å². The standard InChI is InChI=1S/C37H29NO/c1-2-9-26(10-3-1)38(27-19-20-35-30(22-27)28-11-5-7-16-34(28)39-35)33-15-8-14-32-36(33)29-12-4-6-13-31(29)37(32)23-24-17-18-25(37)21-24/h1-16,19-20,22,24-25H,17-18,21,23H2. The highest BCUT2D eigenvalue weighted by atomic mass is 16.3. The van der Waals surface area contributed by atoms with Gasteiger partial charge in [0.1, 0.15) is 11.2 Å². The predicted octanol–water partition coefficient (Wildman–Crippen LogP) is 10.1. The van der Waals surface area contributed by atoms with Crippen LogP contribution in [-0.4, -0.2) is 0 Å². The van der Waals surface area contributed by atoms with Gasteiger partial charge in [-0.1, -0.05) is 79.2 Å². The van der Waals surface area contributed by atoms with Crippen molar-refractivity contribution in [1.29, 1.82) is 0 Å². The van der Waals surface area contributed by atoms with Crippen LogP contribution in [0.25, 0.3) is 33.1 Å². The molecular formula is C37H29NO. The van der Waals surface area contributed by atoms with Crippen molar-refractivity contribution in [2.24, 2.45) is 11.8 Å². The molecule has 0 amide bonds. The normalized spacial score (nSPS) is 22.6. The highest BCUT2D eigenvalue weighted by molar-refractivity contribution is 6.07. The van der Waals surface area contributed by atoms with Gasteiger partial charge in [0.25, 0.3) is 0 Å². The maximum Gasteiger partial charge on any atom is 0.135 e. The van der Waals surface area contributed by atoms with E-state index in [9.17, 15) is 0 Å². The lowest BCUT2D eigenvalue weighted by Gasteiger charge is -2.37. The number of furan rings is 1. The van der Waals surface area contributed by atoms with Crippen molar-refractivity contribution in [2.75, 3.05) is 4.90 Å². The molecule has 39 heavy (non-hydrogen) atoms. The Balaban J connectivity index is 1.32. The molecule has 2 heteroatoms. The van der Waals surface area contributed by atoms with E-state index in [1.165, 1.54) is 48.2 Å². The summed E-state index contributed by atoms with van der Waals surface area (Å²) < 4.78 is 6.19. The van der Waals surface area contributed by atoms with E-state index in [-0.39, 0.29) is 5.41 Å². The first-order chi connectivity index (χ1) is 19.3. The topological polar surface area (TPSA) is 16.4 Å². The fourth-order valence-electron chi connectivity index (χ4n) is 8.46. The summed E-state index contributed by atoms with van der Waals surface area (Å²) in [6, 6.07) is 42.2. The molecule has 0 aliphatic heterocycles. The van der Waals surface area contributed by atoms with Gasteiger partial charge in [-0.05, 0) is 90.3 Å². The van der Waals surface area contributed by atoms with Crippen molar-refractivity contribution in [1.82, 2.24) is 0 Å². The van der Waals surface area contributed by atoms with Crippen LogP contribution in [0.5, 0.6) is 0 Å². The molecule has 0 N–H and O–H groups in total. The van der Waals surface area contributed by atoms with Gasteiger partial charge in [0.15, 0.2) is 0 Å². The largest absolute Gasteiger partial charge is 0.456 e. The molecule has 3 atom stereocenters. The number of fused-ring (bicyclic) bond motifs is 11. The van der Waals surface area contributed by atoms with Crippen LogP contribution in [0.2, 0.25) is 0 Å². The number of nitrogens with zero attached hydrogens (tertiary/aromatic N) is 1. The van der Waals surface area contributed by atoms with Crippen molar-refractivity contribution >= 4 is 39.0 Å². The quantitative estimate of drug-likeness (QED) is 0.239. The van der Waals surface area contributed by atoms with Gasteiger partial charge in [-0.25, -0.2) is 0 Å². The van der Waals surface area contributed by atoms with E-state index >= 15 is 0 Å². The minimum Gasteiger partial charge on any atom is -0.456 e. The smallest absolute Gasteiger partial charge is 0.135 e. The van der Waals surface area contributed by atoms with Crippen molar-refractivity contribution in [3.63, 3.8) is 0 Å². The molecule has 3 unspecified atom stereocenters. The summed E-state index contributed by atoms with van der Waals surface area (Å²) in [6.07, 6.45) is 5.43. The Bertz CT molecular complexity index is 1900. The second-order valence-corrected chi connectivity index (χ2v) is 11.7. The Morgan fingerprint density at radius 2 is 1.44 bits per heavy atom. The highest BCUT2D eigenvalue weighted by Gasteiger charge is 2.57. The number of hydrogen-bond acceptors (Lipinski definition) is 2. The minimum absolute atomic E-state index is 0.165. The van der Waals surface area contributed by atoms with Gasteiger partial charge in [0.2, 0.25) is 0 Å². The molecule has 0 saturated heterocycles. The van der Waals surface area contributed by atoms with Gasteiger partial charge in [-0.2, -0.15) is 0 Å². The first kappa shape index (κ1) is 21.6. The molecule has 6 aromatic rings. The van der Waals surface area contributed by atoms with Crippen LogP contribution in [0.15, 0.2) is 120 Å². The molecule has 188 valence electrons. The molecule has 2 fully saturated rings. The van der Waals surface area contributed by atoms with Crippen LogP contribution < -0.4 is 4.90 Å². The van der Waals surface area contributed by atoms with Crippen molar-refractivity contribution in [3.8, 4) is 11.1 Å². The summed E-state index contributed by atoms with van der Waals surface area (Å²) in [5, 5.41) is 2.31. The summed E-state index contributed by atoms with van der Waals surface area (Å²) in [5.74, 6) is 1.61. The molecule has 9 rings (SSSR count). The van der Waals surface area contributed by atoms with Crippen LogP contribution in [0.3, 0.4) is 0 Å². The summed E-state index contributed by atoms with van der Waals surface area (Å²) >= 11 is 0. The Hall–Kier alpha value is -4.30. The fourth-order valence-corrected chi connectivity index (χ4v) is 8.46. The van der Waals surface area contributed by atoms with E-state index in [2.05, 4.69) is 114 Å². The molecular weight excluding hydrogens is 474 g/mol. The average Bonchev–Trinajstić information content (AvgIpc) is 3.76. The lowest BCUT2D eigenvalue weighted by molar-refractivity contribution is 0.327. The van der Waals surface area contributed by atoms with Gasteiger partial charge in [0.05, 0.1) is 5.69 Å². The fraction of sp³-hybridized carbons (Fsp3) is 0.189. The molecule has 0 radical (unpaired) electrons. The molecule has 1 heterocycles. The molecule has 3 aliphatic rings. The molecule has 2 bridgehead atoms. The van der Waals surface area contributed by atoms with Crippen LogP contribution in [0, 0.1) is 11.8 Å². The van der Waals surface area contributed by atoms with E-state index in [4.69, 9.17) is 4.42 Å².